The summed E-state index contributed by atoms with van der Waals surface area (Å²) in [5.41, 5.74) is 5.78. The fourth-order valence-electron chi connectivity index (χ4n) is 2.14. The Hall–Kier alpha value is -1.17. The number of amides is 1. The molecule has 1 heterocycles. The van der Waals surface area contributed by atoms with Gasteiger partial charge in [0.2, 0.25) is 5.91 Å². The van der Waals surface area contributed by atoms with Crippen molar-refractivity contribution >= 4 is 17.8 Å². The van der Waals surface area contributed by atoms with Gasteiger partial charge in [-0.3, -0.25) is 9.69 Å². The fourth-order valence-corrected chi connectivity index (χ4v) is 2.14. The molecule has 1 aromatic heterocycles. The molecule has 1 radical (unpaired) electrons. The van der Waals surface area contributed by atoms with E-state index in [2.05, 4.69) is 39.7 Å². The van der Waals surface area contributed by atoms with Crippen LogP contribution in [0.3, 0.4) is 0 Å². The van der Waals surface area contributed by atoms with Crippen molar-refractivity contribution in [3.8, 4) is 0 Å². The molecule has 0 spiro atoms. The zero-order valence-corrected chi connectivity index (χ0v) is 22.8. The van der Waals surface area contributed by atoms with Crippen LogP contribution in [0.4, 0.5) is 5.82 Å². The summed E-state index contributed by atoms with van der Waals surface area (Å²) in [7, 11) is 6.42. The topological polar surface area (TPSA) is 138 Å². The molecule has 1 rings (SSSR count). The van der Waals surface area contributed by atoms with Gasteiger partial charge in [-0.05, 0) is 20.2 Å². The van der Waals surface area contributed by atoms with Gasteiger partial charge in [0.05, 0.1) is 0 Å². The van der Waals surface area contributed by atoms with E-state index < -0.39 is 5.69 Å². The van der Waals surface area contributed by atoms with Crippen molar-refractivity contribution in [1.29, 1.82) is 0 Å². The number of carbonyl (C=O) groups excluding carboxylic acids is 1. The second-order valence-electron chi connectivity index (χ2n) is 6.36. The van der Waals surface area contributed by atoms with E-state index in [1.807, 2.05) is 14.1 Å². The summed E-state index contributed by atoms with van der Waals surface area (Å²) in [6.45, 7) is 9.21. The summed E-state index contributed by atoms with van der Waals surface area (Å²) < 4.78 is 1.31. The quantitative estimate of drug-likeness (QED) is 0.243. The number of aromatic nitrogens is 2. The molecule has 0 saturated heterocycles. The maximum absolute atomic E-state index is 11.9. The molecule has 1 amide bonds. The minimum absolute atomic E-state index is 0. The Balaban J connectivity index is -0.00000120. The van der Waals surface area contributed by atoms with E-state index in [0.29, 0.717) is 12.1 Å². The van der Waals surface area contributed by atoms with E-state index in [9.17, 15) is 9.59 Å². The first-order chi connectivity index (χ1) is 14.4. The predicted molar refractivity (Wildman–Crippen MR) is 124 cm³/mol. The van der Waals surface area contributed by atoms with Gasteiger partial charge in [0.15, 0.2) is 0 Å². The summed E-state index contributed by atoms with van der Waals surface area (Å²) in [5, 5.41) is 16.1. The second-order valence-corrected chi connectivity index (χ2v) is 6.36. The molecule has 0 aromatic carbocycles. The molecule has 6 N–H and O–H groups in total. The summed E-state index contributed by atoms with van der Waals surface area (Å²) in [5.74, 6) is -0.104. The average molecular weight is 517 g/mol. The average Bonchev–Trinajstić information content (AvgIpc) is 2.73. The molecule has 31 heavy (non-hydrogen) atoms. The summed E-state index contributed by atoms with van der Waals surface area (Å²) in [6, 6.07) is 0. The number of nitrogens with one attached hydrogen (secondary N) is 3. The first-order valence-corrected chi connectivity index (χ1v) is 10.1. The van der Waals surface area contributed by atoms with E-state index in [4.69, 9.17) is 10.8 Å². The van der Waals surface area contributed by atoms with Gasteiger partial charge in [-0.2, -0.15) is 4.98 Å². The van der Waals surface area contributed by atoms with Gasteiger partial charge in [-0.25, -0.2) is 4.79 Å². The number of carbonyl (C=O) groups is 1. The van der Waals surface area contributed by atoms with Crippen LogP contribution in [0, 0.1) is 0 Å². The Morgan fingerprint density at radius 2 is 1.65 bits per heavy atom. The van der Waals surface area contributed by atoms with Gasteiger partial charge in [0.25, 0.3) is 0 Å². The number of hydrogen-bond donors (Lipinski definition) is 5. The fraction of sp³-hybridized carbons (Fsp3) is 0.650. The third kappa shape index (κ3) is 18.1. The van der Waals surface area contributed by atoms with Crippen LogP contribution in [0.1, 0.15) is 25.8 Å². The Bertz CT molecular complexity index is 646. The largest absolute Gasteiger partial charge is 0.400 e. The van der Waals surface area contributed by atoms with Crippen molar-refractivity contribution in [2.24, 2.45) is 7.05 Å². The number of aliphatic hydroxyl groups is 1. The van der Waals surface area contributed by atoms with Gasteiger partial charge in [-0.15, -0.1) is 0 Å². The van der Waals surface area contributed by atoms with E-state index in [1.165, 1.54) is 17.1 Å². The molecule has 0 unspecified atom stereocenters. The molecule has 0 fully saturated rings. The standard InChI is InChI=1S/C16H29N7O2.C3H8.CH4O.Y/c1-18-6-9-23(10-7-19-2)11-8-20-14(24)5-4-13-12-22(3)16(25)21-15(13)17;1-3-2;1-2;/h4-5,12,18-19H,6-11H2,1-3H3,(H,20,24)(H2,17,21,25);3H2,1-2H3;2H,1H3;/b5-4+;;;. The smallest absolute Gasteiger partial charge is 0.349 e. The molecule has 11 heteroatoms. The number of nitrogens with two attached hydrogens (primary N) is 1. The molecule has 0 aliphatic carbocycles. The summed E-state index contributed by atoms with van der Waals surface area (Å²) in [4.78, 5) is 29.2. The molecule has 0 saturated carbocycles. The number of likely N-dealkylation sites (N-methyl/N-ethyl adjacent to an activating group) is 2. The SMILES string of the molecule is CCC.CNCCN(CCNC)CCNC(=O)/C=C/c1cn(C)c(=O)nc1N.CO.[Y]. The normalized spacial score (nSPS) is 9.94. The molecule has 0 aliphatic rings. The zero-order valence-electron chi connectivity index (χ0n) is 19.9. The van der Waals surface area contributed by atoms with Crippen LogP contribution in [0.15, 0.2) is 17.1 Å². The number of rotatable bonds is 11. The van der Waals surface area contributed by atoms with E-state index in [-0.39, 0.29) is 44.4 Å². The van der Waals surface area contributed by atoms with Crippen LogP contribution < -0.4 is 27.4 Å². The van der Waals surface area contributed by atoms with Gasteiger partial charge >= 0.3 is 5.69 Å². The van der Waals surface area contributed by atoms with Crippen molar-refractivity contribution in [1.82, 2.24) is 30.4 Å². The summed E-state index contributed by atoms with van der Waals surface area (Å²) in [6.07, 6.45) is 5.74. The van der Waals surface area contributed by atoms with Gasteiger partial charge in [0, 0.05) is 104 Å². The Kier molecular flexibility index (Phi) is 26.1. The first kappa shape index (κ1) is 34.4. The number of aliphatic hydroxyl groups excluding tert-OH is 1. The monoisotopic (exact) mass is 516 g/mol. The van der Waals surface area contributed by atoms with E-state index in [0.717, 1.165) is 39.8 Å². The molecule has 0 aliphatic heterocycles. The van der Waals surface area contributed by atoms with Crippen molar-refractivity contribution in [3.63, 3.8) is 0 Å². The molecule has 0 atom stereocenters. The van der Waals surface area contributed by atoms with E-state index in [1.54, 1.807) is 19.3 Å². The van der Waals surface area contributed by atoms with Crippen molar-refractivity contribution in [3.05, 3.63) is 28.3 Å². The van der Waals surface area contributed by atoms with Crippen molar-refractivity contribution in [2.75, 3.05) is 66.2 Å². The van der Waals surface area contributed by atoms with Gasteiger partial charge in [-0.1, -0.05) is 20.3 Å². The van der Waals surface area contributed by atoms with Crippen LogP contribution in [0.2, 0.25) is 0 Å². The molecule has 10 nitrogen and oxygen atoms in total. The third-order valence-electron chi connectivity index (χ3n) is 3.64. The third-order valence-corrected chi connectivity index (χ3v) is 3.64. The summed E-state index contributed by atoms with van der Waals surface area (Å²) >= 11 is 0. The second kappa shape index (κ2) is 23.5. The Morgan fingerprint density at radius 3 is 2.13 bits per heavy atom. The number of anilines is 1. The van der Waals surface area contributed by atoms with Crippen LogP contribution >= 0.6 is 0 Å². The number of aryl methyl sites for hydroxylation is 1. The van der Waals surface area contributed by atoms with Gasteiger partial charge in [0.1, 0.15) is 5.82 Å². The Morgan fingerprint density at radius 1 is 1.16 bits per heavy atom. The van der Waals surface area contributed by atoms with Crippen molar-refractivity contribution in [2.45, 2.75) is 20.3 Å². The molecular formula is C20H41N7O3Y. The number of nitrogens with zero attached hydrogens (tertiary/aromatic N) is 3. The minimum Gasteiger partial charge on any atom is -0.400 e. The minimum atomic E-state index is -0.428. The molecule has 1 aromatic rings. The van der Waals surface area contributed by atoms with Crippen LogP contribution in [0.5, 0.6) is 0 Å². The predicted octanol–water partition coefficient (Wildman–Crippen LogP) is -0.745. The zero-order chi connectivity index (χ0) is 23.4. The number of hydrogen-bond acceptors (Lipinski definition) is 8. The Labute approximate surface area is 211 Å². The number of nitrogen functional groups attached to an aromatic ring is 1. The molecule has 0 bridgehead atoms. The van der Waals surface area contributed by atoms with Crippen LogP contribution in [0.25, 0.3) is 6.08 Å². The van der Waals surface area contributed by atoms with Crippen molar-refractivity contribution < 1.29 is 42.6 Å². The van der Waals surface area contributed by atoms with Gasteiger partial charge < -0.3 is 31.4 Å². The van der Waals surface area contributed by atoms with E-state index >= 15 is 0 Å². The molecular weight excluding hydrogens is 475 g/mol. The van der Waals surface area contributed by atoms with Crippen LogP contribution in [-0.4, -0.2) is 85.9 Å². The maximum atomic E-state index is 11.9. The first-order valence-electron chi connectivity index (χ1n) is 10.1. The van der Waals surface area contributed by atoms with Crippen LogP contribution in [-0.2, 0) is 44.6 Å². The maximum Gasteiger partial charge on any atom is 0.349 e. The molecule has 177 valence electrons.